The van der Waals surface area contributed by atoms with Crippen molar-refractivity contribution in [1.29, 1.82) is 0 Å². The molecule has 4 aliphatic carbocycles. The Bertz CT molecular complexity index is 865. The Labute approximate surface area is 210 Å². The van der Waals surface area contributed by atoms with E-state index in [2.05, 4.69) is 37.3 Å². The molecule has 0 bridgehead atoms. The molecule has 196 valence electrons. The summed E-state index contributed by atoms with van der Waals surface area (Å²) >= 11 is 4.48. The van der Waals surface area contributed by atoms with Crippen LogP contribution < -0.4 is 5.32 Å². The lowest BCUT2D eigenvalue weighted by molar-refractivity contribution is -0.174. The SMILES string of the molecule is C[C@H](CCC(=O)NCCS(=O)(O)=S)[C@H]1CCC2C3C(CC[C@@]21C)[C@@]1(C)CC[C@@H](O)C[C@H]1C[C@@H]3O. The summed E-state index contributed by atoms with van der Waals surface area (Å²) in [5.41, 5.74) is 0.454. The van der Waals surface area contributed by atoms with Crippen molar-refractivity contribution in [3.63, 3.8) is 0 Å². The first kappa shape index (κ1) is 26.8. The quantitative estimate of drug-likeness (QED) is 0.412. The highest BCUT2D eigenvalue weighted by Gasteiger charge is 2.62. The highest BCUT2D eigenvalue weighted by Crippen LogP contribution is 2.68. The third-order valence-electron chi connectivity index (χ3n) is 10.9. The Morgan fingerprint density at radius 2 is 1.76 bits per heavy atom. The molecule has 0 radical (unpaired) electrons. The molecule has 0 aromatic rings. The predicted octanol–water partition coefficient (Wildman–Crippen LogP) is 3.73. The van der Waals surface area contributed by atoms with Gasteiger partial charge in [0.25, 0.3) is 0 Å². The molecule has 4 N–H and O–H groups in total. The van der Waals surface area contributed by atoms with Crippen LogP contribution in [0.5, 0.6) is 0 Å². The summed E-state index contributed by atoms with van der Waals surface area (Å²) in [6.45, 7) is 7.32. The van der Waals surface area contributed by atoms with Gasteiger partial charge in [-0.1, -0.05) is 20.8 Å². The number of fused-ring (bicyclic) bond motifs is 5. The molecule has 0 aliphatic heterocycles. The summed E-state index contributed by atoms with van der Waals surface area (Å²) in [5.74, 6) is 2.71. The number of nitrogens with one attached hydrogen (secondary N) is 1. The largest absolute Gasteiger partial charge is 0.393 e. The van der Waals surface area contributed by atoms with Crippen molar-refractivity contribution in [2.45, 2.75) is 97.2 Å². The lowest BCUT2D eigenvalue weighted by Crippen LogP contribution is -2.58. The van der Waals surface area contributed by atoms with E-state index >= 15 is 0 Å². The summed E-state index contributed by atoms with van der Waals surface area (Å²) in [7, 11) is -3.23. The lowest BCUT2D eigenvalue weighted by Gasteiger charge is -2.62. The molecule has 0 aromatic carbocycles. The van der Waals surface area contributed by atoms with Gasteiger partial charge in [0.1, 0.15) is 8.77 Å². The smallest absolute Gasteiger partial charge is 0.220 e. The number of amides is 1. The maximum absolute atomic E-state index is 12.3. The first-order valence-corrected chi connectivity index (χ1v) is 16.0. The van der Waals surface area contributed by atoms with Gasteiger partial charge in [0.2, 0.25) is 5.91 Å². The zero-order chi connectivity index (χ0) is 24.9. The summed E-state index contributed by atoms with van der Waals surface area (Å²) in [6, 6.07) is 0. The van der Waals surface area contributed by atoms with Crippen LogP contribution in [-0.4, -0.2) is 49.4 Å². The van der Waals surface area contributed by atoms with Crippen LogP contribution >= 0.6 is 0 Å². The molecule has 4 unspecified atom stereocenters. The van der Waals surface area contributed by atoms with E-state index in [-0.39, 0.29) is 41.2 Å². The van der Waals surface area contributed by atoms with Gasteiger partial charge >= 0.3 is 0 Å². The Kier molecular flexibility index (Phi) is 7.78. The minimum Gasteiger partial charge on any atom is -0.393 e. The fourth-order valence-electron chi connectivity index (χ4n) is 9.14. The van der Waals surface area contributed by atoms with Crippen LogP contribution in [0, 0.1) is 46.3 Å². The topological polar surface area (TPSA) is 107 Å². The zero-order valence-electron chi connectivity index (χ0n) is 21.1. The summed E-state index contributed by atoms with van der Waals surface area (Å²) in [4.78, 5) is 12.3. The van der Waals surface area contributed by atoms with Gasteiger partial charge in [0.05, 0.1) is 18.0 Å². The van der Waals surface area contributed by atoms with Crippen LogP contribution in [0.25, 0.3) is 0 Å². The second kappa shape index (κ2) is 9.88. The van der Waals surface area contributed by atoms with Crippen LogP contribution in [0.4, 0.5) is 0 Å². The molecule has 34 heavy (non-hydrogen) atoms. The van der Waals surface area contributed by atoms with Gasteiger partial charge in [-0.3, -0.25) is 4.79 Å². The van der Waals surface area contributed by atoms with Crippen molar-refractivity contribution < 1.29 is 23.8 Å². The fraction of sp³-hybridized carbons (Fsp3) is 0.962. The van der Waals surface area contributed by atoms with Gasteiger partial charge in [-0.15, -0.1) is 0 Å². The van der Waals surface area contributed by atoms with E-state index in [1.165, 1.54) is 25.7 Å². The third-order valence-corrected chi connectivity index (χ3v) is 12.1. The maximum Gasteiger partial charge on any atom is 0.220 e. The molecule has 4 saturated carbocycles. The Morgan fingerprint density at radius 3 is 2.47 bits per heavy atom. The summed E-state index contributed by atoms with van der Waals surface area (Å²) in [6.07, 6.45) is 9.16. The van der Waals surface area contributed by atoms with Crippen LogP contribution in [0.15, 0.2) is 0 Å². The average Bonchev–Trinajstić information content (AvgIpc) is 3.09. The van der Waals surface area contributed by atoms with E-state index in [9.17, 15) is 23.8 Å². The number of aliphatic hydroxyl groups is 2. The predicted molar refractivity (Wildman–Crippen MR) is 137 cm³/mol. The van der Waals surface area contributed by atoms with Crippen molar-refractivity contribution >= 4 is 25.9 Å². The number of aliphatic hydroxyl groups excluding tert-OH is 2. The standard InChI is InChI=1S/C26H45NO5S2/c1-16(4-7-23(30)27-12-13-34(31,32)33)19-5-6-20-24-21(9-11-26(19,20)3)25(2)10-8-18(28)14-17(25)15-22(24)29/h16-22,24,28-29H,4-15H2,1-3H3,(H,27,30)(H,31,32,33)/t16-,17+,18-,19-,20?,21?,22+,24?,25+,26-/m1/s1. The first-order chi connectivity index (χ1) is 15.8. The van der Waals surface area contributed by atoms with E-state index in [1.807, 2.05) is 0 Å². The van der Waals surface area contributed by atoms with Crippen LogP contribution in [0.2, 0.25) is 0 Å². The number of rotatable bonds is 7. The van der Waals surface area contributed by atoms with Crippen molar-refractivity contribution in [1.82, 2.24) is 5.32 Å². The molecular weight excluding hydrogens is 470 g/mol. The molecule has 4 fully saturated rings. The molecule has 11 atom stereocenters. The van der Waals surface area contributed by atoms with Crippen LogP contribution in [0.3, 0.4) is 0 Å². The Balaban J connectivity index is 1.39. The van der Waals surface area contributed by atoms with Crippen molar-refractivity contribution in [3.8, 4) is 0 Å². The van der Waals surface area contributed by atoms with Crippen molar-refractivity contribution in [2.24, 2.45) is 46.3 Å². The normalized spacial score (nSPS) is 46.5. The molecule has 0 spiro atoms. The first-order valence-electron chi connectivity index (χ1n) is 13.4. The van der Waals surface area contributed by atoms with Gasteiger partial charge in [0.15, 0.2) is 0 Å². The highest BCUT2D eigenvalue weighted by molar-refractivity contribution is 8.29. The van der Waals surface area contributed by atoms with E-state index in [0.29, 0.717) is 41.9 Å². The van der Waals surface area contributed by atoms with E-state index in [1.54, 1.807) is 0 Å². The van der Waals surface area contributed by atoms with E-state index in [0.717, 1.165) is 32.1 Å². The number of hydrogen-bond acceptors (Lipinski definition) is 5. The fourth-order valence-corrected chi connectivity index (χ4v) is 9.75. The maximum atomic E-state index is 12.3. The van der Waals surface area contributed by atoms with E-state index in [4.69, 9.17) is 0 Å². The summed E-state index contributed by atoms with van der Waals surface area (Å²) < 4.78 is 20.4. The average molecular weight is 516 g/mol. The number of carbonyl (C=O) groups excluding carboxylic acids is 1. The molecule has 1 amide bonds. The van der Waals surface area contributed by atoms with Gasteiger partial charge < -0.3 is 20.1 Å². The molecule has 6 nitrogen and oxygen atoms in total. The molecule has 4 aliphatic rings. The van der Waals surface area contributed by atoms with Crippen LogP contribution in [-0.2, 0) is 24.8 Å². The molecule has 8 heteroatoms. The molecular formula is C26H45NO5S2. The van der Waals surface area contributed by atoms with Crippen LogP contribution in [0.1, 0.15) is 85.0 Å². The van der Waals surface area contributed by atoms with Gasteiger partial charge in [-0.25, -0.2) is 4.21 Å². The molecule has 4 rings (SSSR count). The van der Waals surface area contributed by atoms with Crippen molar-refractivity contribution in [3.05, 3.63) is 0 Å². The minimum absolute atomic E-state index is 0.0740. The second-order valence-electron chi connectivity index (χ2n) is 12.6. The zero-order valence-corrected chi connectivity index (χ0v) is 22.7. The van der Waals surface area contributed by atoms with E-state index < -0.39 is 8.77 Å². The van der Waals surface area contributed by atoms with Gasteiger partial charge in [-0.05, 0) is 104 Å². The monoisotopic (exact) mass is 515 g/mol. The Hall–Kier alpha value is -0.280. The lowest BCUT2D eigenvalue weighted by atomic mass is 9.43. The molecule has 0 heterocycles. The second-order valence-corrected chi connectivity index (χ2v) is 15.7. The molecule has 0 aromatic heterocycles. The third kappa shape index (κ3) is 5.09. The summed E-state index contributed by atoms with van der Waals surface area (Å²) in [5, 5.41) is 24.4. The minimum atomic E-state index is -3.23. The highest BCUT2D eigenvalue weighted by atomic mass is 32.8. The Morgan fingerprint density at radius 1 is 1.09 bits per heavy atom. The number of hydrogen-bond donors (Lipinski definition) is 4. The van der Waals surface area contributed by atoms with Crippen molar-refractivity contribution in [2.75, 3.05) is 12.3 Å². The van der Waals surface area contributed by atoms with Gasteiger partial charge in [0, 0.05) is 24.2 Å². The molecule has 0 saturated heterocycles. The van der Waals surface area contributed by atoms with Gasteiger partial charge in [-0.2, -0.15) is 0 Å². The number of carbonyl (C=O) groups is 1.